The number of benzene rings is 2. The van der Waals surface area contributed by atoms with Gasteiger partial charge in [-0.25, -0.2) is 0 Å². The Balaban J connectivity index is 1.69. The van der Waals surface area contributed by atoms with E-state index in [0.717, 1.165) is 42.0 Å². The number of hydrogen-bond acceptors (Lipinski definition) is 3. The number of rotatable bonds is 3. The van der Waals surface area contributed by atoms with Gasteiger partial charge in [-0.05, 0) is 48.4 Å². The number of aryl methyl sites for hydroxylation is 1. The molecule has 0 amide bonds. The number of morpholine rings is 1. The van der Waals surface area contributed by atoms with Gasteiger partial charge in [0.1, 0.15) is 0 Å². The van der Waals surface area contributed by atoms with Crippen LogP contribution < -0.4 is 4.90 Å². The van der Waals surface area contributed by atoms with Gasteiger partial charge in [-0.3, -0.25) is 4.99 Å². The molecule has 2 aromatic rings. The fourth-order valence-electron chi connectivity index (χ4n) is 2.45. The molecular weight excluding hydrogens is 340 g/mol. The van der Waals surface area contributed by atoms with E-state index < -0.39 is 0 Å². The molecule has 0 spiro atoms. The predicted octanol–water partition coefficient (Wildman–Crippen LogP) is 4.34. The Morgan fingerprint density at radius 2 is 1.82 bits per heavy atom. The van der Waals surface area contributed by atoms with Crippen molar-refractivity contribution < 1.29 is 4.74 Å². The van der Waals surface area contributed by atoms with E-state index in [1.807, 2.05) is 18.3 Å². The minimum atomic E-state index is 0.812. The van der Waals surface area contributed by atoms with Crippen molar-refractivity contribution in [3.63, 3.8) is 0 Å². The molecule has 3 nitrogen and oxygen atoms in total. The van der Waals surface area contributed by atoms with Gasteiger partial charge in [0.05, 0.1) is 18.9 Å². The Kier molecular flexibility index (Phi) is 4.90. The maximum absolute atomic E-state index is 5.38. The van der Waals surface area contributed by atoms with E-state index in [1.165, 1.54) is 11.3 Å². The molecule has 0 aromatic heterocycles. The molecular formula is C18H19BrN2O. The molecule has 114 valence electrons. The first kappa shape index (κ1) is 15.3. The standard InChI is InChI=1S/C18H19BrN2O/c1-14-12-16(4-7-18(14)19)20-13-15-2-5-17(6-3-15)21-8-10-22-11-9-21/h2-7,12-13H,8-11H2,1H3. The third-order valence-electron chi connectivity index (χ3n) is 3.77. The molecule has 0 bridgehead atoms. The van der Waals surface area contributed by atoms with Crippen molar-refractivity contribution >= 4 is 33.5 Å². The van der Waals surface area contributed by atoms with E-state index >= 15 is 0 Å². The number of halogens is 1. The summed E-state index contributed by atoms with van der Waals surface area (Å²) in [6.45, 7) is 5.62. The molecule has 2 aromatic carbocycles. The summed E-state index contributed by atoms with van der Waals surface area (Å²) in [7, 11) is 0. The Morgan fingerprint density at radius 3 is 2.50 bits per heavy atom. The molecule has 0 N–H and O–H groups in total. The maximum atomic E-state index is 5.38. The van der Waals surface area contributed by atoms with E-state index in [0.29, 0.717) is 0 Å². The SMILES string of the molecule is Cc1cc(N=Cc2ccc(N3CCOCC3)cc2)ccc1Br. The quantitative estimate of drug-likeness (QED) is 0.762. The van der Waals surface area contributed by atoms with Gasteiger partial charge in [0, 0.05) is 29.5 Å². The molecule has 4 heteroatoms. The first-order valence-corrected chi connectivity index (χ1v) is 8.25. The van der Waals surface area contributed by atoms with Gasteiger partial charge >= 0.3 is 0 Å². The molecule has 22 heavy (non-hydrogen) atoms. The van der Waals surface area contributed by atoms with Gasteiger partial charge in [0.15, 0.2) is 0 Å². The van der Waals surface area contributed by atoms with E-state index in [4.69, 9.17) is 4.74 Å². The topological polar surface area (TPSA) is 24.8 Å². The monoisotopic (exact) mass is 358 g/mol. The summed E-state index contributed by atoms with van der Waals surface area (Å²) in [5.41, 5.74) is 4.52. The summed E-state index contributed by atoms with van der Waals surface area (Å²) < 4.78 is 6.50. The second kappa shape index (κ2) is 7.07. The van der Waals surface area contributed by atoms with Crippen molar-refractivity contribution in [2.24, 2.45) is 4.99 Å². The van der Waals surface area contributed by atoms with Crippen molar-refractivity contribution in [2.75, 3.05) is 31.2 Å². The lowest BCUT2D eigenvalue weighted by Crippen LogP contribution is -2.36. The first-order chi connectivity index (χ1) is 10.7. The second-order valence-corrected chi connectivity index (χ2v) is 6.24. The fraction of sp³-hybridized carbons (Fsp3) is 0.278. The minimum absolute atomic E-state index is 0.812. The highest BCUT2D eigenvalue weighted by Crippen LogP contribution is 2.22. The zero-order valence-electron chi connectivity index (χ0n) is 12.6. The number of hydrogen-bond donors (Lipinski definition) is 0. The predicted molar refractivity (Wildman–Crippen MR) is 95.6 cm³/mol. The minimum Gasteiger partial charge on any atom is -0.378 e. The fourth-order valence-corrected chi connectivity index (χ4v) is 2.70. The Bertz CT molecular complexity index is 661. The molecule has 0 aliphatic carbocycles. The Morgan fingerprint density at radius 1 is 1.09 bits per heavy atom. The van der Waals surface area contributed by atoms with Gasteiger partial charge < -0.3 is 9.64 Å². The third kappa shape index (κ3) is 3.76. The van der Waals surface area contributed by atoms with Gasteiger partial charge in [-0.1, -0.05) is 28.1 Å². The third-order valence-corrected chi connectivity index (χ3v) is 4.66. The summed E-state index contributed by atoms with van der Waals surface area (Å²) in [4.78, 5) is 6.89. The van der Waals surface area contributed by atoms with Crippen LogP contribution in [0.3, 0.4) is 0 Å². The van der Waals surface area contributed by atoms with Crippen molar-refractivity contribution in [3.8, 4) is 0 Å². The normalized spacial score (nSPS) is 15.5. The largest absolute Gasteiger partial charge is 0.378 e. The smallest absolute Gasteiger partial charge is 0.0642 e. The summed E-state index contributed by atoms with van der Waals surface area (Å²) in [5.74, 6) is 0. The Labute approximate surface area is 139 Å². The van der Waals surface area contributed by atoms with Crippen molar-refractivity contribution in [1.82, 2.24) is 0 Å². The number of anilines is 1. The summed E-state index contributed by atoms with van der Waals surface area (Å²) in [6, 6.07) is 14.6. The van der Waals surface area contributed by atoms with Gasteiger partial charge in [-0.2, -0.15) is 0 Å². The number of ether oxygens (including phenoxy) is 1. The highest BCUT2D eigenvalue weighted by molar-refractivity contribution is 9.10. The number of nitrogens with zero attached hydrogens (tertiary/aromatic N) is 2. The molecule has 1 saturated heterocycles. The molecule has 1 aliphatic heterocycles. The molecule has 0 atom stereocenters. The average molecular weight is 359 g/mol. The lowest BCUT2D eigenvalue weighted by Gasteiger charge is -2.28. The molecule has 0 radical (unpaired) electrons. The van der Waals surface area contributed by atoms with E-state index in [-0.39, 0.29) is 0 Å². The zero-order chi connectivity index (χ0) is 15.4. The first-order valence-electron chi connectivity index (χ1n) is 7.45. The van der Waals surface area contributed by atoms with Crippen molar-refractivity contribution in [2.45, 2.75) is 6.92 Å². The van der Waals surface area contributed by atoms with E-state index in [1.54, 1.807) is 0 Å². The van der Waals surface area contributed by atoms with Gasteiger partial charge in [0.2, 0.25) is 0 Å². The molecule has 0 unspecified atom stereocenters. The molecule has 0 saturated carbocycles. The van der Waals surface area contributed by atoms with Crippen LogP contribution in [0.15, 0.2) is 51.9 Å². The van der Waals surface area contributed by atoms with Crippen LogP contribution in [0.25, 0.3) is 0 Å². The van der Waals surface area contributed by atoms with Crippen LogP contribution in [0.5, 0.6) is 0 Å². The van der Waals surface area contributed by atoms with Gasteiger partial charge in [0.25, 0.3) is 0 Å². The van der Waals surface area contributed by atoms with Crippen LogP contribution >= 0.6 is 15.9 Å². The molecule has 3 rings (SSSR count). The number of aliphatic imine (C=N–C) groups is 1. The highest BCUT2D eigenvalue weighted by atomic mass is 79.9. The van der Waals surface area contributed by atoms with Crippen LogP contribution in [-0.4, -0.2) is 32.5 Å². The van der Waals surface area contributed by atoms with Crippen molar-refractivity contribution in [1.29, 1.82) is 0 Å². The molecule has 1 heterocycles. The Hall–Kier alpha value is -1.65. The van der Waals surface area contributed by atoms with Crippen LogP contribution in [0, 0.1) is 6.92 Å². The summed E-state index contributed by atoms with van der Waals surface area (Å²) in [5, 5.41) is 0. The van der Waals surface area contributed by atoms with Gasteiger partial charge in [-0.15, -0.1) is 0 Å². The van der Waals surface area contributed by atoms with E-state index in [2.05, 4.69) is 63.1 Å². The van der Waals surface area contributed by atoms with Crippen molar-refractivity contribution in [3.05, 3.63) is 58.1 Å². The summed E-state index contributed by atoms with van der Waals surface area (Å²) in [6.07, 6.45) is 1.91. The zero-order valence-corrected chi connectivity index (χ0v) is 14.2. The lowest BCUT2D eigenvalue weighted by molar-refractivity contribution is 0.122. The van der Waals surface area contributed by atoms with E-state index in [9.17, 15) is 0 Å². The molecule has 1 aliphatic rings. The summed E-state index contributed by atoms with van der Waals surface area (Å²) >= 11 is 3.51. The van der Waals surface area contributed by atoms with Crippen LogP contribution in [0.2, 0.25) is 0 Å². The second-order valence-electron chi connectivity index (χ2n) is 5.38. The van der Waals surface area contributed by atoms with Crippen LogP contribution in [0.1, 0.15) is 11.1 Å². The lowest BCUT2D eigenvalue weighted by atomic mass is 10.2. The van der Waals surface area contributed by atoms with Crippen LogP contribution in [0.4, 0.5) is 11.4 Å². The highest BCUT2D eigenvalue weighted by Gasteiger charge is 2.10. The maximum Gasteiger partial charge on any atom is 0.0642 e. The van der Waals surface area contributed by atoms with Crippen LogP contribution in [-0.2, 0) is 4.74 Å². The average Bonchev–Trinajstić information content (AvgIpc) is 2.57. The molecule has 1 fully saturated rings.